The van der Waals surface area contributed by atoms with Gasteiger partial charge >= 0.3 is 0 Å². The quantitative estimate of drug-likeness (QED) is 0.801. The topological polar surface area (TPSA) is 83.7 Å². The summed E-state index contributed by atoms with van der Waals surface area (Å²) in [6.45, 7) is -0.0456. The molecule has 1 aromatic rings. The van der Waals surface area contributed by atoms with E-state index in [1.54, 1.807) is 18.2 Å². The van der Waals surface area contributed by atoms with Crippen LogP contribution in [0.3, 0.4) is 0 Å². The van der Waals surface area contributed by atoms with Gasteiger partial charge in [0, 0.05) is 0 Å². The average molecular weight is 371 g/mol. The molecule has 1 aliphatic heterocycles. The first-order valence-electron chi connectivity index (χ1n) is 8.66. The van der Waals surface area contributed by atoms with Gasteiger partial charge in [0.2, 0.25) is 0 Å². The molecule has 0 unspecified atom stereocenters. The predicted molar refractivity (Wildman–Crippen MR) is 102 cm³/mol. The third-order valence-corrected chi connectivity index (χ3v) is 5.23. The number of amides is 1. The molecule has 1 aromatic carbocycles. The van der Waals surface area contributed by atoms with E-state index in [0.717, 1.165) is 18.4 Å². The molecule has 1 N–H and O–H groups in total. The Morgan fingerprint density at radius 1 is 1.35 bits per heavy atom. The van der Waals surface area contributed by atoms with Crippen LogP contribution in [0.5, 0.6) is 11.5 Å². The summed E-state index contributed by atoms with van der Waals surface area (Å²) in [4.78, 5) is 17.5. The van der Waals surface area contributed by atoms with E-state index in [0.29, 0.717) is 27.6 Å². The van der Waals surface area contributed by atoms with Crippen molar-refractivity contribution in [2.45, 2.75) is 38.1 Å². The third kappa shape index (κ3) is 4.58. The van der Waals surface area contributed by atoms with Crippen LogP contribution in [0.15, 0.2) is 28.1 Å². The van der Waals surface area contributed by atoms with E-state index in [-0.39, 0.29) is 12.5 Å². The first kappa shape index (κ1) is 18.3. The summed E-state index contributed by atoms with van der Waals surface area (Å²) in [5, 5.41) is 12.2. The van der Waals surface area contributed by atoms with Crippen molar-refractivity contribution in [2.75, 3.05) is 13.7 Å². The van der Waals surface area contributed by atoms with Crippen LogP contribution >= 0.6 is 11.8 Å². The molecule has 0 atom stereocenters. The molecule has 7 heteroatoms. The Labute approximate surface area is 157 Å². The molecule has 136 valence electrons. The largest absolute Gasteiger partial charge is 0.493 e. The zero-order valence-electron chi connectivity index (χ0n) is 14.7. The van der Waals surface area contributed by atoms with E-state index < -0.39 is 0 Å². The number of nitriles is 1. The molecule has 0 radical (unpaired) electrons. The van der Waals surface area contributed by atoms with E-state index in [1.807, 2.05) is 12.1 Å². The van der Waals surface area contributed by atoms with Gasteiger partial charge in [-0.05, 0) is 48.4 Å². The first-order chi connectivity index (χ1) is 12.7. The van der Waals surface area contributed by atoms with Gasteiger partial charge in [-0.25, -0.2) is 0 Å². The smallest absolute Gasteiger partial charge is 0.264 e. The minimum absolute atomic E-state index is 0.0456. The Kier molecular flexibility index (Phi) is 6.18. The van der Waals surface area contributed by atoms with Crippen LogP contribution in [-0.2, 0) is 4.79 Å². The van der Waals surface area contributed by atoms with Crippen LogP contribution in [0.4, 0.5) is 0 Å². The number of ether oxygens (including phenoxy) is 2. The van der Waals surface area contributed by atoms with Crippen LogP contribution < -0.4 is 14.8 Å². The summed E-state index contributed by atoms with van der Waals surface area (Å²) in [6.07, 6.45) is 7.70. The number of methoxy groups -OCH3 is 1. The zero-order chi connectivity index (χ0) is 18.4. The van der Waals surface area contributed by atoms with E-state index in [9.17, 15) is 4.79 Å². The Morgan fingerprint density at radius 3 is 2.88 bits per heavy atom. The molecular weight excluding hydrogens is 350 g/mol. The van der Waals surface area contributed by atoms with Crippen molar-refractivity contribution in [3.8, 4) is 17.6 Å². The summed E-state index contributed by atoms with van der Waals surface area (Å²) in [7, 11) is 1.54. The summed E-state index contributed by atoms with van der Waals surface area (Å²) < 4.78 is 10.6. The fourth-order valence-corrected chi connectivity index (χ4v) is 3.91. The zero-order valence-corrected chi connectivity index (χ0v) is 15.5. The highest BCUT2D eigenvalue weighted by Crippen LogP contribution is 2.32. The van der Waals surface area contributed by atoms with Gasteiger partial charge in [0.25, 0.3) is 5.91 Å². The van der Waals surface area contributed by atoms with Gasteiger partial charge in [-0.1, -0.05) is 25.3 Å². The molecule has 1 amide bonds. The fourth-order valence-electron chi connectivity index (χ4n) is 3.02. The van der Waals surface area contributed by atoms with Crippen LogP contribution in [-0.4, -0.2) is 30.8 Å². The van der Waals surface area contributed by atoms with Gasteiger partial charge in [-0.3, -0.25) is 9.79 Å². The van der Waals surface area contributed by atoms with Gasteiger partial charge in [-0.2, -0.15) is 5.26 Å². The summed E-state index contributed by atoms with van der Waals surface area (Å²) in [5.74, 6) is 0.890. The fraction of sp³-hybridized carbons (Fsp3) is 0.421. The maximum absolute atomic E-state index is 12.2. The number of hydrogen-bond acceptors (Lipinski definition) is 6. The number of thioether (sulfide) groups is 1. The van der Waals surface area contributed by atoms with E-state index in [1.165, 1.54) is 38.1 Å². The molecule has 1 saturated heterocycles. The van der Waals surface area contributed by atoms with Crippen molar-refractivity contribution < 1.29 is 14.3 Å². The van der Waals surface area contributed by atoms with E-state index >= 15 is 0 Å². The Bertz CT molecular complexity index is 777. The number of carbonyl (C=O) groups is 1. The van der Waals surface area contributed by atoms with E-state index in [2.05, 4.69) is 5.32 Å². The maximum Gasteiger partial charge on any atom is 0.264 e. The average Bonchev–Trinajstić information content (AvgIpc) is 3.00. The van der Waals surface area contributed by atoms with Gasteiger partial charge < -0.3 is 14.8 Å². The minimum Gasteiger partial charge on any atom is -0.493 e. The lowest BCUT2D eigenvalue weighted by Crippen LogP contribution is -2.22. The Morgan fingerprint density at radius 2 is 2.15 bits per heavy atom. The van der Waals surface area contributed by atoms with Crippen LogP contribution in [0, 0.1) is 11.3 Å². The van der Waals surface area contributed by atoms with Gasteiger partial charge in [0.1, 0.15) is 6.07 Å². The van der Waals surface area contributed by atoms with Crippen molar-refractivity contribution >= 4 is 28.9 Å². The SMILES string of the molecule is COc1cc(/C=C2/SC(=NC3CCCCC3)NC2=O)ccc1OCC#N. The van der Waals surface area contributed by atoms with E-state index in [4.69, 9.17) is 19.7 Å². The van der Waals surface area contributed by atoms with Crippen molar-refractivity contribution in [1.29, 1.82) is 5.26 Å². The number of hydrogen-bond donors (Lipinski definition) is 1. The number of nitrogens with zero attached hydrogens (tertiary/aromatic N) is 2. The molecule has 0 aromatic heterocycles. The summed E-state index contributed by atoms with van der Waals surface area (Å²) in [5.41, 5.74) is 0.822. The molecule has 0 bridgehead atoms. The monoisotopic (exact) mass is 371 g/mol. The molecule has 3 rings (SSSR count). The van der Waals surface area contributed by atoms with Gasteiger partial charge in [0.15, 0.2) is 23.3 Å². The lowest BCUT2D eigenvalue weighted by Gasteiger charge is -2.17. The minimum atomic E-state index is -0.131. The maximum atomic E-state index is 12.2. The Balaban J connectivity index is 1.74. The van der Waals surface area contributed by atoms with Crippen LogP contribution in [0.1, 0.15) is 37.7 Å². The molecule has 6 nitrogen and oxygen atoms in total. The standard InChI is InChI=1S/C19H21N3O3S/c1-24-16-11-13(7-8-15(16)25-10-9-20)12-17-18(23)22-19(26-17)21-14-5-3-2-4-6-14/h7-8,11-12,14H,2-6,10H2,1H3,(H,21,22,23)/b17-12+. The molecule has 2 aliphatic rings. The molecular formula is C19H21N3O3S. The Hall–Kier alpha value is -2.46. The second-order valence-corrected chi connectivity index (χ2v) is 7.18. The number of rotatable bonds is 5. The normalized spacial score (nSPS) is 20.8. The molecule has 2 fully saturated rings. The molecule has 26 heavy (non-hydrogen) atoms. The molecule has 1 aliphatic carbocycles. The van der Waals surface area contributed by atoms with Crippen molar-refractivity contribution in [3.05, 3.63) is 28.7 Å². The summed E-state index contributed by atoms with van der Waals surface area (Å²) >= 11 is 1.37. The third-order valence-electron chi connectivity index (χ3n) is 4.30. The number of nitrogens with one attached hydrogen (secondary N) is 1. The van der Waals surface area contributed by atoms with Crippen LogP contribution in [0.25, 0.3) is 6.08 Å². The number of amidine groups is 1. The first-order valence-corrected chi connectivity index (χ1v) is 9.47. The number of benzene rings is 1. The van der Waals surface area contributed by atoms with Crippen molar-refractivity contribution in [3.63, 3.8) is 0 Å². The van der Waals surface area contributed by atoms with Gasteiger partial charge in [0.05, 0.1) is 18.1 Å². The molecule has 0 spiro atoms. The van der Waals surface area contributed by atoms with Crippen molar-refractivity contribution in [2.24, 2.45) is 4.99 Å². The van der Waals surface area contributed by atoms with Gasteiger partial charge in [-0.15, -0.1) is 0 Å². The highest BCUT2D eigenvalue weighted by atomic mass is 32.2. The molecule has 1 saturated carbocycles. The number of carbonyl (C=O) groups excluding carboxylic acids is 1. The lowest BCUT2D eigenvalue weighted by molar-refractivity contribution is -0.115. The van der Waals surface area contributed by atoms with Crippen molar-refractivity contribution in [1.82, 2.24) is 5.32 Å². The highest BCUT2D eigenvalue weighted by molar-refractivity contribution is 8.18. The summed E-state index contributed by atoms with van der Waals surface area (Å²) in [6, 6.07) is 7.59. The van der Waals surface area contributed by atoms with Crippen LogP contribution in [0.2, 0.25) is 0 Å². The second-order valence-electron chi connectivity index (χ2n) is 6.15. The second kappa shape index (κ2) is 8.77. The molecule has 1 heterocycles. The predicted octanol–water partition coefficient (Wildman–Crippen LogP) is 3.49. The number of aliphatic imine (C=N–C) groups is 1. The highest BCUT2D eigenvalue weighted by Gasteiger charge is 2.25. The lowest BCUT2D eigenvalue weighted by atomic mass is 9.96.